The van der Waals surface area contributed by atoms with Gasteiger partial charge in [0.05, 0.1) is 9.50 Å². The molecule has 0 fully saturated rings. The Morgan fingerprint density at radius 1 is 1.50 bits per heavy atom. The van der Waals surface area contributed by atoms with Crippen molar-refractivity contribution in [2.24, 2.45) is 0 Å². The third kappa shape index (κ3) is 3.14. The van der Waals surface area contributed by atoms with E-state index in [1.165, 1.54) is 0 Å². The third-order valence-corrected chi connectivity index (χ3v) is 2.95. The Bertz CT molecular complexity index is 300. The standard InChI is InChI=1S/C10H14BrClN2/c1-3-8(4-2)14-10-9(11)5-7(12)6-13-10/h5-6,8H,3-4H2,1-2H3,(H,13,14). The molecule has 14 heavy (non-hydrogen) atoms. The van der Waals surface area contributed by atoms with Crippen LogP contribution in [-0.4, -0.2) is 11.0 Å². The average Bonchev–Trinajstić information content (AvgIpc) is 2.17. The number of aromatic nitrogens is 1. The maximum Gasteiger partial charge on any atom is 0.140 e. The molecular formula is C10H14BrClN2. The highest BCUT2D eigenvalue weighted by Crippen LogP contribution is 2.24. The Balaban J connectivity index is 2.76. The highest BCUT2D eigenvalue weighted by molar-refractivity contribution is 9.10. The van der Waals surface area contributed by atoms with Crippen LogP contribution in [0.2, 0.25) is 5.02 Å². The fourth-order valence-electron chi connectivity index (χ4n) is 1.21. The number of hydrogen-bond acceptors (Lipinski definition) is 2. The zero-order valence-electron chi connectivity index (χ0n) is 8.35. The van der Waals surface area contributed by atoms with Crippen LogP contribution in [0.3, 0.4) is 0 Å². The summed E-state index contributed by atoms with van der Waals surface area (Å²) < 4.78 is 0.914. The van der Waals surface area contributed by atoms with Gasteiger partial charge in [-0.15, -0.1) is 0 Å². The molecular weight excluding hydrogens is 263 g/mol. The molecule has 1 rings (SSSR count). The summed E-state index contributed by atoms with van der Waals surface area (Å²) in [4.78, 5) is 4.22. The van der Waals surface area contributed by atoms with Gasteiger partial charge in [-0.2, -0.15) is 0 Å². The molecule has 1 aromatic heterocycles. The smallest absolute Gasteiger partial charge is 0.140 e. The average molecular weight is 278 g/mol. The predicted molar refractivity (Wildman–Crippen MR) is 64.9 cm³/mol. The van der Waals surface area contributed by atoms with Gasteiger partial charge < -0.3 is 5.32 Å². The van der Waals surface area contributed by atoms with E-state index in [2.05, 4.69) is 40.1 Å². The molecule has 0 aliphatic rings. The van der Waals surface area contributed by atoms with Crippen molar-refractivity contribution in [3.63, 3.8) is 0 Å². The van der Waals surface area contributed by atoms with E-state index in [-0.39, 0.29) is 0 Å². The van der Waals surface area contributed by atoms with Crippen molar-refractivity contribution in [1.82, 2.24) is 4.98 Å². The van der Waals surface area contributed by atoms with E-state index >= 15 is 0 Å². The van der Waals surface area contributed by atoms with Crippen LogP contribution < -0.4 is 5.32 Å². The molecule has 0 saturated heterocycles. The highest BCUT2D eigenvalue weighted by atomic mass is 79.9. The van der Waals surface area contributed by atoms with Crippen LogP contribution in [0.4, 0.5) is 5.82 Å². The Morgan fingerprint density at radius 3 is 2.64 bits per heavy atom. The molecule has 0 aromatic carbocycles. The molecule has 0 spiro atoms. The zero-order valence-corrected chi connectivity index (χ0v) is 10.7. The van der Waals surface area contributed by atoms with Gasteiger partial charge in [-0.1, -0.05) is 25.4 Å². The van der Waals surface area contributed by atoms with E-state index < -0.39 is 0 Å². The molecule has 0 saturated carbocycles. The van der Waals surface area contributed by atoms with Crippen molar-refractivity contribution < 1.29 is 0 Å². The lowest BCUT2D eigenvalue weighted by molar-refractivity contribution is 0.668. The van der Waals surface area contributed by atoms with Crippen LogP contribution in [0.15, 0.2) is 16.7 Å². The summed E-state index contributed by atoms with van der Waals surface area (Å²) in [7, 11) is 0. The van der Waals surface area contributed by atoms with Crippen LogP contribution in [0.1, 0.15) is 26.7 Å². The van der Waals surface area contributed by atoms with E-state index in [0.717, 1.165) is 23.1 Å². The Labute approximate surface area is 98.2 Å². The van der Waals surface area contributed by atoms with Crippen LogP contribution in [0.25, 0.3) is 0 Å². The molecule has 0 atom stereocenters. The lowest BCUT2D eigenvalue weighted by Gasteiger charge is -2.16. The van der Waals surface area contributed by atoms with Crippen molar-refractivity contribution in [2.45, 2.75) is 32.7 Å². The SMILES string of the molecule is CCC(CC)Nc1ncc(Cl)cc1Br. The first kappa shape index (κ1) is 11.8. The number of anilines is 1. The second-order valence-electron chi connectivity index (χ2n) is 3.14. The molecule has 0 aliphatic heterocycles. The van der Waals surface area contributed by atoms with Crippen LogP contribution in [-0.2, 0) is 0 Å². The molecule has 1 N–H and O–H groups in total. The zero-order chi connectivity index (χ0) is 10.6. The molecule has 0 radical (unpaired) electrons. The Hall–Kier alpha value is -0.280. The van der Waals surface area contributed by atoms with Crippen molar-refractivity contribution >= 4 is 33.3 Å². The lowest BCUT2D eigenvalue weighted by atomic mass is 10.2. The number of nitrogens with zero attached hydrogens (tertiary/aromatic N) is 1. The fraction of sp³-hybridized carbons (Fsp3) is 0.500. The van der Waals surface area contributed by atoms with Crippen LogP contribution in [0.5, 0.6) is 0 Å². The molecule has 0 bridgehead atoms. The van der Waals surface area contributed by atoms with Gasteiger partial charge >= 0.3 is 0 Å². The third-order valence-electron chi connectivity index (χ3n) is 2.13. The van der Waals surface area contributed by atoms with Gasteiger partial charge in [-0.05, 0) is 34.8 Å². The first-order chi connectivity index (χ1) is 6.67. The largest absolute Gasteiger partial charge is 0.366 e. The molecule has 1 aromatic rings. The molecule has 0 amide bonds. The molecule has 4 heteroatoms. The summed E-state index contributed by atoms with van der Waals surface area (Å²) in [6.07, 6.45) is 3.83. The van der Waals surface area contributed by atoms with Crippen molar-refractivity contribution in [3.05, 3.63) is 21.8 Å². The molecule has 0 aliphatic carbocycles. The van der Waals surface area contributed by atoms with E-state index in [1.54, 1.807) is 6.20 Å². The van der Waals surface area contributed by atoms with Gasteiger partial charge in [-0.3, -0.25) is 0 Å². The van der Waals surface area contributed by atoms with Crippen molar-refractivity contribution in [3.8, 4) is 0 Å². The van der Waals surface area contributed by atoms with Crippen LogP contribution in [0, 0.1) is 0 Å². The van der Waals surface area contributed by atoms with Gasteiger partial charge in [0.1, 0.15) is 5.82 Å². The number of rotatable bonds is 4. The van der Waals surface area contributed by atoms with Crippen molar-refractivity contribution in [1.29, 1.82) is 0 Å². The Kier molecular flexibility index (Phi) is 4.69. The van der Waals surface area contributed by atoms with Crippen LogP contribution >= 0.6 is 27.5 Å². The molecule has 2 nitrogen and oxygen atoms in total. The monoisotopic (exact) mass is 276 g/mol. The topological polar surface area (TPSA) is 24.9 Å². The Morgan fingerprint density at radius 2 is 2.14 bits per heavy atom. The maximum absolute atomic E-state index is 5.80. The predicted octanol–water partition coefficient (Wildman–Crippen LogP) is 4.10. The molecule has 0 unspecified atom stereocenters. The number of hydrogen-bond donors (Lipinski definition) is 1. The van der Waals surface area contributed by atoms with E-state index in [4.69, 9.17) is 11.6 Å². The quantitative estimate of drug-likeness (QED) is 0.896. The minimum absolute atomic E-state index is 0.472. The summed E-state index contributed by atoms with van der Waals surface area (Å²) in [6.45, 7) is 4.32. The van der Waals surface area contributed by atoms with E-state index in [0.29, 0.717) is 11.1 Å². The minimum Gasteiger partial charge on any atom is -0.366 e. The normalized spacial score (nSPS) is 10.6. The van der Waals surface area contributed by atoms with Gasteiger partial charge in [-0.25, -0.2) is 4.98 Å². The number of halogens is 2. The van der Waals surface area contributed by atoms with E-state index in [9.17, 15) is 0 Å². The highest BCUT2D eigenvalue weighted by Gasteiger charge is 2.07. The number of pyridine rings is 1. The van der Waals surface area contributed by atoms with Gasteiger partial charge in [0, 0.05) is 12.2 Å². The summed E-state index contributed by atoms with van der Waals surface area (Å²) >= 11 is 9.23. The van der Waals surface area contributed by atoms with E-state index in [1.807, 2.05) is 6.07 Å². The van der Waals surface area contributed by atoms with Gasteiger partial charge in [0.15, 0.2) is 0 Å². The fourth-order valence-corrected chi connectivity index (χ4v) is 1.96. The summed E-state index contributed by atoms with van der Waals surface area (Å²) in [5.74, 6) is 0.864. The minimum atomic E-state index is 0.472. The van der Waals surface area contributed by atoms with Gasteiger partial charge in [0.25, 0.3) is 0 Å². The second kappa shape index (κ2) is 5.56. The first-order valence-corrected chi connectivity index (χ1v) is 5.92. The summed E-state index contributed by atoms with van der Waals surface area (Å²) in [5.41, 5.74) is 0. The summed E-state index contributed by atoms with van der Waals surface area (Å²) in [6, 6.07) is 2.32. The second-order valence-corrected chi connectivity index (χ2v) is 4.43. The number of nitrogens with one attached hydrogen (secondary N) is 1. The molecule has 78 valence electrons. The molecule has 1 heterocycles. The van der Waals surface area contributed by atoms with Gasteiger partial charge in [0.2, 0.25) is 0 Å². The lowest BCUT2D eigenvalue weighted by Crippen LogP contribution is -2.18. The maximum atomic E-state index is 5.80. The first-order valence-electron chi connectivity index (χ1n) is 4.75. The summed E-state index contributed by atoms with van der Waals surface area (Å²) in [5, 5.41) is 4.00. The van der Waals surface area contributed by atoms with Crippen molar-refractivity contribution in [2.75, 3.05) is 5.32 Å².